The van der Waals surface area contributed by atoms with E-state index in [0.717, 1.165) is 11.1 Å². The van der Waals surface area contributed by atoms with Crippen LogP contribution >= 0.6 is 11.6 Å². The Morgan fingerprint density at radius 3 is 2.56 bits per heavy atom. The van der Waals surface area contributed by atoms with E-state index in [-0.39, 0.29) is 12.5 Å². The van der Waals surface area contributed by atoms with E-state index in [1.807, 2.05) is 12.1 Å². The molecule has 0 aliphatic heterocycles. The Balaban J connectivity index is 1.93. The molecule has 2 aromatic rings. The van der Waals surface area contributed by atoms with Gasteiger partial charge in [0.1, 0.15) is 6.61 Å². The maximum Gasteiger partial charge on any atom is 0.253 e. The smallest absolute Gasteiger partial charge is 0.253 e. The van der Waals surface area contributed by atoms with Crippen molar-refractivity contribution in [3.8, 4) is 23.8 Å². The summed E-state index contributed by atoms with van der Waals surface area (Å²) in [6.45, 7) is 0.634. The molecule has 0 unspecified atom stereocenters. The van der Waals surface area contributed by atoms with Crippen molar-refractivity contribution in [2.75, 3.05) is 27.4 Å². The lowest BCUT2D eigenvalue weighted by Crippen LogP contribution is -2.31. The Labute approximate surface area is 164 Å². The molecule has 0 aliphatic carbocycles. The monoisotopic (exact) mass is 387 g/mol. The molecule has 0 heterocycles. The molecular formula is C21H22ClNO4. The molecule has 1 N–H and O–H groups in total. The van der Waals surface area contributed by atoms with Crippen molar-refractivity contribution in [2.24, 2.45) is 0 Å². The predicted molar refractivity (Wildman–Crippen MR) is 105 cm³/mol. The minimum atomic E-state index is -0.684. The normalized spacial score (nSPS) is 11.3. The molecule has 1 amide bonds. The van der Waals surface area contributed by atoms with Gasteiger partial charge in [-0.1, -0.05) is 35.7 Å². The van der Waals surface area contributed by atoms with Gasteiger partial charge in [0.25, 0.3) is 5.91 Å². The summed E-state index contributed by atoms with van der Waals surface area (Å²) >= 11 is 5.88. The fourth-order valence-electron chi connectivity index (χ4n) is 2.56. The van der Waals surface area contributed by atoms with Crippen LogP contribution in [0.1, 0.15) is 17.2 Å². The van der Waals surface area contributed by atoms with Gasteiger partial charge >= 0.3 is 0 Å². The largest absolute Gasteiger partial charge is 0.493 e. The van der Waals surface area contributed by atoms with Crippen molar-refractivity contribution >= 4 is 17.5 Å². The molecule has 2 aromatic carbocycles. The third kappa shape index (κ3) is 5.92. The number of hydrogen-bond acceptors (Lipinski definition) is 4. The van der Waals surface area contributed by atoms with Crippen LogP contribution < -0.4 is 14.8 Å². The Morgan fingerprint density at radius 2 is 1.93 bits per heavy atom. The van der Waals surface area contributed by atoms with Crippen molar-refractivity contribution in [1.82, 2.24) is 5.32 Å². The van der Waals surface area contributed by atoms with E-state index in [1.165, 1.54) is 7.11 Å². The van der Waals surface area contributed by atoms with Crippen LogP contribution in [0.5, 0.6) is 11.5 Å². The molecule has 2 rings (SSSR count). The van der Waals surface area contributed by atoms with E-state index < -0.39 is 6.10 Å². The fourth-order valence-corrected chi connectivity index (χ4v) is 2.69. The highest BCUT2D eigenvalue weighted by Gasteiger charge is 2.19. The van der Waals surface area contributed by atoms with Crippen LogP contribution in [0.3, 0.4) is 0 Å². The van der Waals surface area contributed by atoms with Gasteiger partial charge in [-0.05, 0) is 41.8 Å². The maximum absolute atomic E-state index is 12.4. The van der Waals surface area contributed by atoms with Gasteiger partial charge in [0.05, 0.1) is 7.11 Å². The third-order valence-electron chi connectivity index (χ3n) is 3.90. The molecule has 0 saturated carbocycles. The second-order valence-electron chi connectivity index (χ2n) is 5.69. The minimum absolute atomic E-state index is 0.175. The van der Waals surface area contributed by atoms with Crippen molar-refractivity contribution < 1.29 is 19.0 Å². The molecule has 5 nitrogen and oxygen atoms in total. The minimum Gasteiger partial charge on any atom is -0.493 e. The second kappa shape index (κ2) is 10.5. The van der Waals surface area contributed by atoms with E-state index in [0.29, 0.717) is 29.5 Å². The lowest BCUT2D eigenvalue weighted by atomic mass is 10.1. The molecule has 142 valence electrons. The summed E-state index contributed by atoms with van der Waals surface area (Å²) in [4.78, 5) is 12.4. The van der Waals surface area contributed by atoms with Gasteiger partial charge < -0.3 is 19.5 Å². The van der Waals surface area contributed by atoms with Crippen molar-refractivity contribution in [1.29, 1.82) is 0 Å². The van der Waals surface area contributed by atoms with Crippen LogP contribution in [-0.2, 0) is 16.0 Å². The number of benzene rings is 2. The Hall–Kier alpha value is -2.68. The van der Waals surface area contributed by atoms with Crippen LogP contribution in [0.2, 0.25) is 5.02 Å². The molecule has 0 aliphatic rings. The summed E-state index contributed by atoms with van der Waals surface area (Å²) in [5.74, 6) is 3.40. The first-order valence-electron chi connectivity index (χ1n) is 8.38. The molecule has 0 aromatic heterocycles. The summed E-state index contributed by atoms with van der Waals surface area (Å²) in [7, 11) is 3.07. The molecule has 0 radical (unpaired) electrons. The van der Waals surface area contributed by atoms with Gasteiger partial charge in [0.2, 0.25) is 0 Å². The number of carbonyl (C=O) groups excluding carboxylic acids is 1. The average Bonchev–Trinajstić information content (AvgIpc) is 2.68. The van der Waals surface area contributed by atoms with Crippen LogP contribution in [0.15, 0.2) is 42.5 Å². The van der Waals surface area contributed by atoms with Crippen molar-refractivity contribution in [2.45, 2.75) is 12.5 Å². The Kier molecular flexibility index (Phi) is 8.00. The van der Waals surface area contributed by atoms with Gasteiger partial charge in [0.15, 0.2) is 17.6 Å². The first-order chi connectivity index (χ1) is 13.1. The maximum atomic E-state index is 12.4. The number of carbonyl (C=O) groups is 1. The predicted octanol–water partition coefficient (Wildman–Crippen LogP) is 3.41. The standard InChI is InChI=1S/C21H22ClNO4/c1-4-13-27-18-10-5-15(14-19(18)25-2)11-12-23-21(24)20(26-3)16-6-8-17(22)9-7-16/h1,5-10,14,20H,11-13H2,2-3H3,(H,23,24)/t20-/m0/s1. The van der Waals surface area contributed by atoms with Gasteiger partial charge in [-0.15, -0.1) is 6.42 Å². The van der Waals surface area contributed by atoms with Crippen LogP contribution in [0, 0.1) is 12.3 Å². The quantitative estimate of drug-likeness (QED) is 0.670. The number of halogens is 1. The third-order valence-corrected chi connectivity index (χ3v) is 4.15. The molecule has 27 heavy (non-hydrogen) atoms. The van der Waals surface area contributed by atoms with Gasteiger partial charge in [-0.3, -0.25) is 4.79 Å². The van der Waals surface area contributed by atoms with E-state index in [9.17, 15) is 4.79 Å². The number of methoxy groups -OCH3 is 2. The van der Waals surface area contributed by atoms with Gasteiger partial charge in [0, 0.05) is 18.7 Å². The lowest BCUT2D eigenvalue weighted by Gasteiger charge is -2.16. The van der Waals surface area contributed by atoms with Crippen LogP contribution in [-0.4, -0.2) is 33.3 Å². The average molecular weight is 388 g/mol. The van der Waals surface area contributed by atoms with Crippen LogP contribution in [0.25, 0.3) is 0 Å². The topological polar surface area (TPSA) is 56.8 Å². The first kappa shape index (κ1) is 20.6. The molecule has 0 saturated heterocycles. The van der Waals surface area contributed by atoms with E-state index in [2.05, 4.69) is 11.2 Å². The number of terminal acetylenes is 1. The van der Waals surface area contributed by atoms with E-state index >= 15 is 0 Å². The highest BCUT2D eigenvalue weighted by molar-refractivity contribution is 6.30. The highest BCUT2D eigenvalue weighted by Crippen LogP contribution is 2.28. The molecule has 0 bridgehead atoms. The fraction of sp³-hybridized carbons (Fsp3) is 0.286. The SMILES string of the molecule is C#CCOc1ccc(CCNC(=O)[C@@H](OC)c2ccc(Cl)cc2)cc1OC. The zero-order valence-corrected chi connectivity index (χ0v) is 16.1. The van der Waals surface area contributed by atoms with Crippen molar-refractivity contribution in [3.63, 3.8) is 0 Å². The number of hydrogen-bond donors (Lipinski definition) is 1. The molecule has 6 heteroatoms. The summed E-state index contributed by atoms with van der Waals surface area (Å²) in [5, 5.41) is 3.50. The van der Waals surface area contributed by atoms with Crippen LogP contribution in [0.4, 0.5) is 0 Å². The molecule has 0 fully saturated rings. The number of amides is 1. The Bertz CT molecular complexity index is 799. The molecular weight excluding hydrogens is 366 g/mol. The zero-order chi connectivity index (χ0) is 19.6. The highest BCUT2D eigenvalue weighted by atomic mass is 35.5. The first-order valence-corrected chi connectivity index (χ1v) is 8.76. The Morgan fingerprint density at radius 1 is 1.19 bits per heavy atom. The second-order valence-corrected chi connectivity index (χ2v) is 6.12. The molecule has 1 atom stereocenters. The summed E-state index contributed by atoms with van der Waals surface area (Å²) in [6, 6.07) is 12.6. The van der Waals surface area contributed by atoms with Gasteiger partial charge in [-0.2, -0.15) is 0 Å². The zero-order valence-electron chi connectivity index (χ0n) is 15.3. The summed E-state index contributed by atoms with van der Waals surface area (Å²) in [5.41, 5.74) is 1.75. The lowest BCUT2D eigenvalue weighted by molar-refractivity contribution is -0.131. The number of nitrogens with one attached hydrogen (secondary N) is 1. The van der Waals surface area contributed by atoms with E-state index in [1.54, 1.807) is 37.4 Å². The summed E-state index contributed by atoms with van der Waals surface area (Å²) < 4.78 is 16.1. The van der Waals surface area contributed by atoms with Crippen molar-refractivity contribution in [3.05, 3.63) is 58.6 Å². The van der Waals surface area contributed by atoms with Gasteiger partial charge in [-0.25, -0.2) is 0 Å². The molecule has 0 spiro atoms. The number of ether oxygens (including phenoxy) is 3. The number of rotatable bonds is 9. The van der Waals surface area contributed by atoms with E-state index in [4.69, 9.17) is 32.2 Å². The summed E-state index contributed by atoms with van der Waals surface area (Å²) in [6.07, 6.45) is 5.15.